The molecule has 1 fully saturated rings. The van der Waals surface area contributed by atoms with Crippen molar-refractivity contribution in [2.75, 3.05) is 18.4 Å². The molecule has 5 nitrogen and oxygen atoms in total. The van der Waals surface area contributed by atoms with Crippen molar-refractivity contribution in [1.82, 2.24) is 4.31 Å². The van der Waals surface area contributed by atoms with Gasteiger partial charge in [-0.1, -0.05) is 22.0 Å². The molecule has 0 atom stereocenters. The summed E-state index contributed by atoms with van der Waals surface area (Å²) in [6.45, 7) is 3.09. The van der Waals surface area contributed by atoms with Gasteiger partial charge in [0.15, 0.2) is 0 Å². The molecule has 7 heteroatoms. The number of hydrogen-bond donors (Lipinski definition) is 1. The second-order valence-electron chi connectivity index (χ2n) is 6.05. The van der Waals surface area contributed by atoms with Crippen LogP contribution in [0.15, 0.2) is 51.8 Å². The highest BCUT2D eigenvalue weighted by molar-refractivity contribution is 9.10. The van der Waals surface area contributed by atoms with E-state index in [-0.39, 0.29) is 10.8 Å². The van der Waals surface area contributed by atoms with Crippen molar-refractivity contribution in [2.45, 2.75) is 24.7 Å². The van der Waals surface area contributed by atoms with Crippen LogP contribution in [0.4, 0.5) is 5.69 Å². The van der Waals surface area contributed by atoms with Crippen LogP contribution in [-0.4, -0.2) is 31.7 Å². The summed E-state index contributed by atoms with van der Waals surface area (Å²) in [6, 6.07) is 11.7. The van der Waals surface area contributed by atoms with E-state index in [2.05, 4.69) is 21.2 Å². The van der Waals surface area contributed by atoms with Gasteiger partial charge in [-0.3, -0.25) is 4.79 Å². The maximum Gasteiger partial charge on any atom is 0.255 e. The van der Waals surface area contributed by atoms with Crippen LogP contribution in [-0.2, 0) is 10.0 Å². The van der Waals surface area contributed by atoms with Crippen LogP contribution in [0, 0.1) is 6.92 Å². The standard InChI is InChI=1S/C18H19BrN2O3S/c1-13-4-5-14(12-17(13)19)18(22)20-15-6-8-16(9-7-15)25(23,24)21-10-2-3-11-21/h4-9,12H,2-3,10-11H2,1H3,(H,20,22). The zero-order valence-corrected chi connectivity index (χ0v) is 16.2. The van der Waals surface area contributed by atoms with Crippen molar-refractivity contribution in [2.24, 2.45) is 0 Å². The maximum atomic E-state index is 12.5. The van der Waals surface area contributed by atoms with Crippen molar-refractivity contribution in [3.63, 3.8) is 0 Å². The zero-order valence-electron chi connectivity index (χ0n) is 13.8. The van der Waals surface area contributed by atoms with Gasteiger partial charge in [0.05, 0.1) is 4.90 Å². The molecular weight excluding hydrogens is 404 g/mol. The molecule has 2 aromatic carbocycles. The van der Waals surface area contributed by atoms with Crippen LogP contribution < -0.4 is 5.32 Å². The Morgan fingerprint density at radius 1 is 1.08 bits per heavy atom. The number of nitrogens with one attached hydrogen (secondary N) is 1. The first kappa shape index (κ1) is 18.1. The van der Waals surface area contributed by atoms with E-state index in [0.717, 1.165) is 22.9 Å². The van der Waals surface area contributed by atoms with E-state index in [4.69, 9.17) is 0 Å². The fraction of sp³-hybridized carbons (Fsp3) is 0.278. The summed E-state index contributed by atoms with van der Waals surface area (Å²) in [4.78, 5) is 12.6. The van der Waals surface area contributed by atoms with E-state index in [1.807, 2.05) is 13.0 Å². The minimum atomic E-state index is -3.43. The van der Waals surface area contributed by atoms with Gasteiger partial charge in [-0.2, -0.15) is 4.31 Å². The SMILES string of the molecule is Cc1ccc(C(=O)Nc2ccc(S(=O)(=O)N3CCCC3)cc2)cc1Br. The van der Waals surface area contributed by atoms with E-state index < -0.39 is 10.0 Å². The highest BCUT2D eigenvalue weighted by atomic mass is 79.9. The molecule has 0 radical (unpaired) electrons. The quantitative estimate of drug-likeness (QED) is 0.814. The molecule has 1 saturated heterocycles. The number of hydrogen-bond acceptors (Lipinski definition) is 3. The first-order valence-electron chi connectivity index (χ1n) is 8.05. The molecule has 1 aliphatic heterocycles. The summed E-state index contributed by atoms with van der Waals surface area (Å²) in [5, 5.41) is 2.78. The lowest BCUT2D eigenvalue weighted by atomic mass is 10.1. The summed E-state index contributed by atoms with van der Waals surface area (Å²) < 4.78 is 27.4. The van der Waals surface area contributed by atoms with Gasteiger partial charge in [-0.25, -0.2) is 8.42 Å². The molecule has 0 saturated carbocycles. The van der Waals surface area contributed by atoms with Crippen LogP contribution in [0.25, 0.3) is 0 Å². The highest BCUT2D eigenvalue weighted by Gasteiger charge is 2.26. The van der Waals surface area contributed by atoms with Crippen LogP contribution in [0.3, 0.4) is 0 Å². The first-order chi connectivity index (χ1) is 11.9. The molecule has 3 rings (SSSR count). The number of aryl methyl sites for hydroxylation is 1. The van der Waals surface area contributed by atoms with Crippen molar-refractivity contribution in [3.05, 3.63) is 58.1 Å². The van der Waals surface area contributed by atoms with Crippen molar-refractivity contribution >= 4 is 37.5 Å². The summed E-state index contributed by atoms with van der Waals surface area (Å²) in [5.74, 6) is -0.240. The third-order valence-corrected chi connectivity index (χ3v) is 7.02. The molecule has 1 aliphatic rings. The number of anilines is 1. The molecule has 0 unspecified atom stereocenters. The Bertz CT molecular complexity index is 889. The minimum Gasteiger partial charge on any atom is -0.322 e. The summed E-state index contributed by atoms with van der Waals surface area (Å²) in [5.41, 5.74) is 2.14. The lowest BCUT2D eigenvalue weighted by Gasteiger charge is -2.15. The van der Waals surface area contributed by atoms with Crippen molar-refractivity contribution in [3.8, 4) is 0 Å². The van der Waals surface area contributed by atoms with Gasteiger partial charge in [0, 0.05) is 28.8 Å². The van der Waals surface area contributed by atoms with Gasteiger partial charge in [-0.05, 0) is 61.7 Å². The minimum absolute atomic E-state index is 0.240. The number of amides is 1. The second kappa shape index (κ2) is 7.27. The number of sulfonamides is 1. The Balaban J connectivity index is 1.74. The van der Waals surface area contributed by atoms with Gasteiger partial charge >= 0.3 is 0 Å². The summed E-state index contributed by atoms with van der Waals surface area (Å²) in [6.07, 6.45) is 1.80. The molecule has 1 amide bonds. The van der Waals surface area contributed by atoms with Crippen molar-refractivity contribution < 1.29 is 13.2 Å². The lowest BCUT2D eigenvalue weighted by molar-refractivity contribution is 0.102. The maximum absolute atomic E-state index is 12.5. The molecule has 0 aliphatic carbocycles. The number of rotatable bonds is 4. The van der Waals surface area contributed by atoms with Gasteiger partial charge in [0.25, 0.3) is 5.91 Å². The molecule has 0 aromatic heterocycles. The number of carbonyl (C=O) groups excluding carboxylic acids is 1. The average molecular weight is 423 g/mol. The van der Waals surface area contributed by atoms with E-state index in [1.165, 1.54) is 16.4 Å². The van der Waals surface area contributed by atoms with E-state index in [9.17, 15) is 13.2 Å². The van der Waals surface area contributed by atoms with Gasteiger partial charge in [0.1, 0.15) is 0 Å². The largest absolute Gasteiger partial charge is 0.322 e. The van der Waals surface area contributed by atoms with Gasteiger partial charge < -0.3 is 5.32 Å². The summed E-state index contributed by atoms with van der Waals surface area (Å²) >= 11 is 3.41. The Kier molecular flexibility index (Phi) is 5.27. The van der Waals surface area contributed by atoms with Gasteiger partial charge in [0.2, 0.25) is 10.0 Å². The van der Waals surface area contributed by atoms with Crippen molar-refractivity contribution in [1.29, 1.82) is 0 Å². The smallest absolute Gasteiger partial charge is 0.255 e. The Hall–Kier alpha value is -1.70. The number of halogens is 1. The predicted molar refractivity (Wildman–Crippen MR) is 101 cm³/mol. The molecule has 0 spiro atoms. The number of benzene rings is 2. The Labute approximate surface area is 156 Å². The average Bonchev–Trinajstić information content (AvgIpc) is 3.13. The molecule has 0 bridgehead atoms. The van der Waals surface area contributed by atoms with Gasteiger partial charge in [-0.15, -0.1) is 0 Å². The molecule has 1 heterocycles. The number of carbonyl (C=O) groups is 1. The lowest BCUT2D eigenvalue weighted by Crippen LogP contribution is -2.27. The Morgan fingerprint density at radius 2 is 1.72 bits per heavy atom. The first-order valence-corrected chi connectivity index (χ1v) is 10.3. The normalized spacial score (nSPS) is 15.3. The Morgan fingerprint density at radius 3 is 2.32 bits per heavy atom. The molecule has 25 heavy (non-hydrogen) atoms. The van der Waals surface area contributed by atoms with Crippen LogP contribution in [0.5, 0.6) is 0 Å². The highest BCUT2D eigenvalue weighted by Crippen LogP contribution is 2.23. The van der Waals surface area contributed by atoms with E-state index in [0.29, 0.717) is 24.3 Å². The third kappa shape index (κ3) is 3.94. The van der Waals surface area contributed by atoms with Crippen LogP contribution in [0.1, 0.15) is 28.8 Å². The summed E-state index contributed by atoms with van der Waals surface area (Å²) in [7, 11) is -3.43. The zero-order chi connectivity index (χ0) is 18.0. The van der Waals surface area contributed by atoms with E-state index >= 15 is 0 Å². The van der Waals surface area contributed by atoms with Crippen LogP contribution in [0.2, 0.25) is 0 Å². The second-order valence-corrected chi connectivity index (χ2v) is 8.85. The monoisotopic (exact) mass is 422 g/mol. The third-order valence-electron chi connectivity index (χ3n) is 4.25. The predicted octanol–water partition coefficient (Wildman–Crippen LogP) is 3.79. The van der Waals surface area contributed by atoms with Crippen LogP contribution >= 0.6 is 15.9 Å². The fourth-order valence-corrected chi connectivity index (χ4v) is 4.62. The fourth-order valence-electron chi connectivity index (χ4n) is 2.73. The molecule has 2 aromatic rings. The topological polar surface area (TPSA) is 66.5 Å². The van der Waals surface area contributed by atoms with E-state index in [1.54, 1.807) is 24.3 Å². The number of nitrogens with zero attached hydrogens (tertiary/aromatic N) is 1. The molecule has 132 valence electrons. The molecule has 1 N–H and O–H groups in total. The molecular formula is C18H19BrN2O3S.